The van der Waals surface area contributed by atoms with Gasteiger partial charge < -0.3 is 0 Å². The van der Waals surface area contributed by atoms with E-state index < -0.39 is 0 Å². The molecule has 70 valence electrons. The van der Waals surface area contributed by atoms with E-state index >= 15 is 0 Å². The van der Waals surface area contributed by atoms with E-state index in [1.165, 1.54) is 0 Å². The molecule has 1 aromatic carbocycles. The lowest BCUT2D eigenvalue weighted by molar-refractivity contribution is 0.616. The quantitative estimate of drug-likeness (QED) is 0.703. The number of aryl methyl sites for hydroxylation is 1. The number of hydrogen-bond acceptors (Lipinski definition) is 1. The predicted octanol–water partition coefficient (Wildman–Crippen LogP) is 3.47. The van der Waals surface area contributed by atoms with Gasteiger partial charge >= 0.3 is 0 Å². The van der Waals surface area contributed by atoms with Crippen LogP contribution in [0, 0.1) is 12.7 Å². The molecule has 0 aliphatic rings. The van der Waals surface area contributed by atoms with Gasteiger partial charge in [-0.3, -0.25) is 0 Å². The summed E-state index contributed by atoms with van der Waals surface area (Å²) in [4.78, 5) is 0. The molecule has 1 rings (SSSR count). The molecule has 0 saturated carbocycles. The van der Waals surface area contributed by atoms with Crippen LogP contribution in [-0.2, 0) is 0 Å². The van der Waals surface area contributed by atoms with E-state index in [1.54, 1.807) is 25.1 Å². The standard InChI is InChI=1S/C11H13FS/c1-9-5-4-7-10(11(9)12)6-2-3-8-13/h2,4-7,13H,3,8H2,1H3. The molecule has 0 spiro atoms. The first-order valence-electron chi connectivity index (χ1n) is 4.28. The second kappa shape index (κ2) is 5.07. The van der Waals surface area contributed by atoms with E-state index in [2.05, 4.69) is 12.6 Å². The maximum atomic E-state index is 13.4. The Hall–Kier alpha value is -0.760. The van der Waals surface area contributed by atoms with Crippen LogP contribution in [0.15, 0.2) is 24.3 Å². The Morgan fingerprint density at radius 3 is 2.92 bits per heavy atom. The van der Waals surface area contributed by atoms with E-state index in [0.29, 0.717) is 11.1 Å². The van der Waals surface area contributed by atoms with E-state index in [0.717, 1.165) is 12.2 Å². The van der Waals surface area contributed by atoms with Crippen LogP contribution in [0.5, 0.6) is 0 Å². The van der Waals surface area contributed by atoms with E-state index in [1.807, 2.05) is 12.1 Å². The maximum Gasteiger partial charge on any atom is 0.133 e. The third-order valence-corrected chi connectivity index (χ3v) is 2.07. The first kappa shape index (κ1) is 10.3. The highest BCUT2D eigenvalue weighted by Gasteiger charge is 1.99. The van der Waals surface area contributed by atoms with Crippen LogP contribution in [-0.4, -0.2) is 5.75 Å². The van der Waals surface area contributed by atoms with Crippen molar-refractivity contribution in [2.24, 2.45) is 0 Å². The summed E-state index contributed by atoms with van der Waals surface area (Å²) in [6, 6.07) is 5.40. The number of benzene rings is 1. The number of halogens is 1. The maximum absolute atomic E-state index is 13.4. The fraction of sp³-hybridized carbons (Fsp3) is 0.273. The summed E-state index contributed by atoms with van der Waals surface area (Å²) in [6.45, 7) is 1.77. The zero-order chi connectivity index (χ0) is 9.68. The topological polar surface area (TPSA) is 0 Å². The zero-order valence-corrected chi connectivity index (χ0v) is 8.52. The summed E-state index contributed by atoms with van der Waals surface area (Å²) in [6.07, 6.45) is 4.61. The minimum absolute atomic E-state index is 0.127. The second-order valence-corrected chi connectivity index (χ2v) is 3.34. The molecule has 0 aromatic heterocycles. The van der Waals surface area contributed by atoms with Gasteiger partial charge in [-0.25, -0.2) is 4.39 Å². The predicted molar refractivity (Wildman–Crippen MR) is 58.6 cm³/mol. The molecule has 0 atom stereocenters. The summed E-state index contributed by atoms with van der Waals surface area (Å²) >= 11 is 4.07. The van der Waals surface area contributed by atoms with E-state index in [9.17, 15) is 4.39 Å². The third-order valence-electron chi connectivity index (χ3n) is 1.81. The highest BCUT2D eigenvalue weighted by molar-refractivity contribution is 7.80. The van der Waals surface area contributed by atoms with Crippen LogP contribution < -0.4 is 0 Å². The van der Waals surface area contributed by atoms with Crippen molar-refractivity contribution in [1.29, 1.82) is 0 Å². The van der Waals surface area contributed by atoms with E-state index in [-0.39, 0.29) is 5.82 Å². The molecular formula is C11H13FS. The Bertz CT molecular complexity index is 305. The van der Waals surface area contributed by atoms with Crippen molar-refractivity contribution < 1.29 is 4.39 Å². The van der Waals surface area contributed by atoms with Gasteiger partial charge in [-0.15, -0.1) is 0 Å². The molecule has 0 unspecified atom stereocenters. The highest BCUT2D eigenvalue weighted by atomic mass is 32.1. The summed E-state index contributed by atoms with van der Waals surface area (Å²) in [7, 11) is 0. The smallest absolute Gasteiger partial charge is 0.133 e. The Morgan fingerprint density at radius 2 is 2.23 bits per heavy atom. The third kappa shape index (κ3) is 2.88. The molecular weight excluding hydrogens is 183 g/mol. The van der Waals surface area contributed by atoms with Crippen LogP contribution in [0.4, 0.5) is 4.39 Å². The molecule has 0 aliphatic heterocycles. The Labute approximate surface area is 83.9 Å². The number of rotatable bonds is 3. The molecule has 0 saturated heterocycles. The number of hydrogen-bond donors (Lipinski definition) is 1. The molecule has 0 aliphatic carbocycles. The van der Waals surface area contributed by atoms with Gasteiger partial charge in [0.25, 0.3) is 0 Å². The molecule has 2 heteroatoms. The normalized spacial score (nSPS) is 11.0. The van der Waals surface area contributed by atoms with Crippen molar-refractivity contribution in [2.45, 2.75) is 13.3 Å². The van der Waals surface area contributed by atoms with Gasteiger partial charge in [-0.05, 0) is 24.7 Å². The molecule has 0 heterocycles. The molecule has 1 aromatic rings. The highest BCUT2D eigenvalue weighted by Crippen LogP contribution is 2.13. The van der Waals surface area contributed by atoms with Crippen LogP contribution in [0.3, 0.4) is 0 Å². The Kier molecular flexibility index (Phi) is 4.03. The first-order valence-corrected chi connectivity index (χ1v) is 4.91. The van der Waals surface area contributed by atoms with Crippen LogP contribution in [0.25, 0.3) is 6.08 Å². The first-order chi connectivity index (χ1) is 6.25. The van der Waals surface area contributed by atoms with Gasteiger partial charge in [0.05, 0.1) is 0 Å². The Balaban J connectivity index is 2.83. The van der Waals surface area contributed by atoms with Gasteiger partial charge in [-0.1, -0.05) is 30.4 Å². The van der Waals surface area contributed by atoms with Crippen LogP contribution in [0.2, 0.25) is 0 Å². The second-order valence-electron chi connectivity index (χ2n) is 2.89. The van der Waals surface area contributed by atoms with Crippen molar-refractivity contribution in [3.05, 3.63) is 41.2 Å². The van der Waals surface area contributed by atoms with Crippen molar-refractivity contribution in [3.8, 4) is 0 Å². The number of allylic oxidation sites excluding steroid dienone is 1. The summed E-state index contributed by atoms with van der Waals surface area (Å²) < 4.78 is 13.4. The molecule has 0 radical (unpaired) electrons. The van der Waals surface area contributed by atoms with Crippen molar-refractivity contribution in [3.63, 3.8) is 0 Å². The average Bonchev–Trinajstić information content (AvgIpc) is 2.13. The SMILES string of the molecule is Cc1cccc(C=CCCS)c1F. The van der Waals surface area contributed by atoms with Crippen LogP contribution >= 0.6 is 12.6 Å². The van der Waals surface area contributed by atoms with Crippen molar-refractivity contribution in [2.75, 3.05) is 5.75 Å². The monoisotopic (exact) mass is 196 g/mol. The minimum Gasteiger partial charge on any atom is -0.206 e. The zero-order valence-electron chi connectivity index (χ0n) is 7.63. The number of thiol groups is 1. The van der Waals surface area contributed by atoms with Gasteiger partial charge in [0.2, 0.25) is 0 Å². The van der Waals surface area contributed by atoms with Gasteiger partial charge in [-0.2, -0.15) is 12.6 Å². The summed E-state index contributed by atoms with van der Waals surface area (Å²) in [5.74, 6) is 0.669. The summed E-state index contributed by atoms with van der Waals surface area (Å²) in [5, 5.41) is 0. The van der Waals surface area contributed by atoms with Gasteiger partial charge in [0.15, 0.2) is 0 Å². The van der Waals surface area contributed by atoms with Crippen molar-refractivity contribution in [1.82, 2.24) is 0 Å². The Morgan fingerprint density at radius 1 is 1.46 bits per heavy atom. The molecule has 0 bridgehead atoms. The largest absolute Gasteiger partial charge is 0.206 e. The van der Waals surface area contributed by atoms with Gasteiger partial charge in [0, 0.05) is 5.56 Å². The molecule has 0 nitrogen and oxygen atoms in total. The lowest BCUT2D eigenvalue weighted by Crippen LogP contribution is -1.85. The van der Waals surface area contributed by atoms with Crippen molar-refractivity contribution >= 4 is 18.7 Å². The lowest BCUT2D eigenvalue weighted by atomic mass is 10.1. The lowest BCUT2D eigenvalue weighted by Gasteiger charge is -1.99. The minimum atomic E-state index is -0.127. The molecule has 0 amide bonds. The summed E-state index contributed by atoms with van der Waals surface area (Å²) in [5.41, 5.74) is 1.34. The molecule has 0 fully saturated rings. The molecule has 13 heavy (non-hydrogen) atoms. The van der Waals surface area contributed by atoms with Gasteiger partial charge in [0.1, 0.15) is 5.82 Å². The fourth-order valence-electron chi connectivity index (χ4n) is 1.08. The molecule has 0 N–H and O–H groups in total. The fourth-order valence-corrected chi connectivity index (χ4v) is 1.23. The van der Waals surface area contributed by atoms with E-state index in [4.69, 9.17) is 0 Å². The van der Waals surface area contributed by atoms with Crippen LogP contribution in [0.1, 0.15) is 17.5 Å². The average molecular weight is 196 g/mol.